The molecule has 1 saturated heterocycles. The van der Waals surface area contributed by atoms with Crippen LogP contribution in [-0.4, -0.2) is 24.2 Å². The second kappa shape index (κ2) is 5.32. The van der Waals surface area contributed by atoms with E-state index in [1.165, 1.54) is 11.1 Å². The average molecular weight is 233 g/mol. The Morgan fingerprint density at radius 3 is 3.00 bits per heavy atom. The zero-order chi connectivity index (χ0) is 12.3. The maximum absolute atomic E-state index is 11.0. The Kier molecular flexibility index (Phi) is 3.79. The van der Waals surface area contributed by atoms with Crippen molar-refractivity contribution in [1.29, 1.82) is 0 Å². The van der Waals surface area contributed by atoms with Gasteiger partial charge in [-0.3, -0.25) is 4.79 Å². The summed E-state index contributed by atoms with van der Waals surface area (Å²) in [4.78, 5) is 11.0. The molecule has 0 aromatic heterocycles. The summed E-state index contributed by atoms with van der Waals surface area (Å²) in [6.07, 6.45) is 1.31. The van der Waals surface area contributed by atoms with Crippen LogP contribution in [0.15, 0.2) is 24.3 Å². The Labute approximate surface area is 102 Å². The highest BCUT2D eigenvalue weighted by molar-refractivity contribution is 5.68. The van der Waals surface area contributed by atoms with Gasteiger partial charge in [-0.05, 0) is 43.8 Å². The van der Waals surface area contributed by atoms with E-state index in [2.05, 4.69) is 17.4 Å². The van der Waals surface area contributed by atoms with Gasteiger partial charge < -0.3 is 10.4 Å². The van der Waals surface area contributed by atoms with Crippen LogP contribution in [0.1, 0.15) is 29.9 Å². The molecule has 1 aliphatic heterocycles. The number of rotatable bonds is 4. The molecule has 2 N–H and O–H groups in total. The van der Waals surface area contributed by atoms with Crippen molar-refractivity contribution in [3.8, 4) is 0 Å². The lowest BCUT2D eigenvalue weighted by molar-refractivity contribution is -0.137. The summed E-state index contributed by atoms with van der Waals surface area (Å²) in [5, 5.41) is 12.4. The van der Waals surface area contributed by atoms with Crippen molar-refractivity contribution < 1.29 is 9.90 Å². The molecule has 3 heteroatoms. The lowest BCUT2D eigenvalue weighted by atomic mass is 9.82. The van der Waals surface area contributed by atoms with Gasteiger partial charge in [0.25, 0.3) is 0 Å². The zero-order valence-electron chi connectivity index (χ0n) is 10.1. The largest absolute Gasteiger partial charge is 0.481 e. The first kappa shape index (κ1) is 12.1. The average Bonchev–Trinajstić information content (AvgIpc) is 2.79. The van der Waals surface area contributed by atoms with E-state index in [1.807, 2.05) is 19.1 Å². The Morgan fingerprint density at radius 1 is 1.59 bits per heavy atom. The summed E-state index contributed by atoms with van der Waals surface area (Å²) in [7, 11) is 0. The van der Waals surface area contributed by atoms with Gasteiger partial charge >= 0.3 is 5.97 Å². The van der Waals surface area contributed by atoms with Crippen molar-refractivity contribution >= 4 is 5.97 Å². The fraction of sp³-hybridized carbons (Fsp3) is 0.500. The third-order valence-corrected chi connectivity index (χ3v) is 3.53. The van der Waals surface area contributed by atoms with Crippen LogP contribution in [0.2, 0.25) is 0 Å². The maximum atomic E-state index is 11.0. The minimum absolute atomic E-state index is 0.141. The van der Waals surface area contributed by atoms with Gasteiger partial charge in [0.15, 0.2) is 0 Å². The molecule has 92 valence electrons. The molecule has 2 rings (SSSR count). The molecule has 0 radical (unpaired) electrons. The Bertz CT molecular complexity index is 397. The Hall–Kier alpha value is -1.35. The highest BCUT2D eigenvalue weighted by Crippen LogP contribution is 2.32. The summed E-state index contributed by atoms with van der Waals surface area (Å²) in [6.45, 7) is 3.99. The zero-order valence-corrected chi connectivity index (χ0v) is 10.1. The van der Waals surface area contributed by atoms with E-state index in [1.54, 1.807) is 0 Å². The van der Waals surface area contributed by atoms with Crippen molar-refractivity contribution in [2.45, 2.75) is 25.7 Å². The molecule has 1 aliphatic rings. The summed E-state index contributed by atoms with van der Waals surface area (Å²) in [6, 6.07) is 8.24. The molecule has 3 nitrogen and oxygen atoms in total. The van der Waals surface area contributed by atoms with Gasteiger partial charge in [-0.25, -0.2) is 0 Å². The van der Waals surface area contributed by atoms with E-state index < -0.39 is 5.97 Å². The number of aryl methyl sites for hydroxylation is 1. The standard InChI is InChI=1S/C14H19NO2/c1-10-3-2-4-11(7-10)13(8-14(16)17)12-5-6-15-9-12/h2-4,7,12-13,15H,5-6,8-9H2,1H3,(H,16,17). The summed E-state index contributed by atoms with van der Waals surface area (Å²) in [5.74, 6) is -0.112. The normalized spacial score (nSPS) is 21.4. The Morgan fingerprint density at radius 2 is 2.41 bits per heavy atom. The number of carbonyl (C=O) groups is 1. The van der Waals surface area contributed by atoms with Crippen molar-refractivity contribution in [1.82, 2.24) is 5.32 Å². The minimum Gasteiger partial charge on any atom is -0.481 e. The van der Waals surface area contributed by atoms with E-state index in [0.717, 1.165) is 19.5 Å². The molecule has 0 saturated carbocycles. The first-order chi connectivity index (χ1) is 8.16. The number of hydrogen-bond donors (Lipinski definition) is 2. The van der Waals surface area contributed by atoms with Crippen LogP contribution in [0, 0.1) is 12.8 Å². The van der Waals surface area contributed by atoms with E-state index >= 15 is 0 Å². The smallest absolute Gasteiger partial charge is 0.303 e. The molecule has 1 aromatic carbocycles. The van der Waals surface area contributed by atoms with Gasteiger partial charge in [0.1, 0.15) is 0 Å². The highest BCUT2D eigenvalue weighted by atomic mass is 16.4. The fourth-order valence-electron chi connectivity index (χ4n) is 2.67. The van der Waals surface area contributed by atoms with Crippen LogP contribution in [0.3, 0.4) is 0 Å². The monoisotopic (exact) mass is 233 g/mol. The van der Waals surface area contributed by atoms with Crippen LogP contribution in [0.5, 0.6) is 0 Å². The number of benzene rings is 1. The van der Waals surface area contributed by atoms with Crippen LogP contribution in [-0.2, 0) is 4.79 Å². The molecule has 0 amide bonds. The van der Waals surface area contributed by atoms with E-state index in [-0.39, 0.29) is 12.3 Å². The van der Waals surface area contributed by atoms with Gasteiger partial charge in [0.2, 0.25) is 0 Å². The first-order valence-corrected chi connectivity index (χ1v) is 6.16. The quantitative estimate of drug-likeness (QED) is 0.838. The van der Waals surface area contributed by atoms with Crippen molar-refractivity contribution in [3.63, 3.8) is 0 Å². The summed E-state index contributed by atoms with van der Waals surface area (Å²) in [5.41, 5.74) is 2.37. The maximum Gasteiger partial charge on any atom is 0.303 e. The molecule has 0 aliphatic carbocycles. The molecule has 0 spiro atoms. The number of hydrogen-bond acceptors (Lipinski definition) is 2. The first-order valence-electron chi connectivity index (χ1n) is 6.16. The van der Waals surface area contributed by atoms with Crippen molar-refractivity contribution in [2.24, 2.45) is 5.92 Å². The molecule has 1 aromatic rings. The van der Waals surface area contributed by atoms with Crippen LogP contribution in [0.4, 0.5) is 0 Å². The number of carboxylic acid groups (broad SMARTS) is 1. The SMILES string of the molecule is Cc1cccc(C(CC(=O)O)C2CCNC2)c1. The summed E-state index contributed by atoms with van der Waals surface area (Å²) < 4.78 is 0. The predicted molar refractivity (Wildman–Crippen MR) is 67.1 cm³/mol. The number of nitrogens with one attached hydrogen (secondary N) is 1. The fourth-order valence-corrected chi connectivity index (χ4v) is 2.67. The van der Waals surface area contributed by atoms with Gasteiger partial charge in [0, 0.05) is 0 Å². The van der Waals surface area contributed by atoms with Gasteiger partial charge in [0.05, 0.1) is 6.42 Å². The molecular formula is C14H19NO2. The third-order valence-electron chi connectivity index (χ3n) is 3.53. The van der Waals surface area contributed by atoms with Crippen LogP contribution < -0.4 is 5.32 Å². The van der Waals surface area contributed by atoms with Gasteiger partial charge in [-0.2, -0.15) is 0 Å². The molecule has 1 heterocycles. The molecule has 2 atom stereocenters. The summed E-state index contributed by atoms with van der Waals surface area (Å²) >= 11 is 0. The second-order valence-corrected chi connectivity index (χ2v) is 4.87. The van der Waals surface area contributed by atoms with E-state index in [4.69, 9.17) is 5.11 Å². The van der Waals surface area contributed by atoms with Gasteiger partial charge in [-0.15, -0.1) is 0 Å². The molecule has 2 unspecified atom stereocenters. The van der Waals surface area contributed by atoms with Crippen molar-refractivity contribution in [3.05, 3.63) is 35.4 Å². The molecule has 1 fully saturated rings. The van der Waals surface area contributed by atoms with Crippen LogP contribution in [0.25, 0.3) is 0 Å². The highest BCUT2D eigenvalue weighted by Gasteiger charge is 2.28. The number of carboxylic acids is 1. The van der Waals surface area contributed by atoms with Gasteiger partial charge in [-0.1, -0.05) is 29.8 Å². The second-order valence-electron chi connectivity index (χ2n) is 4.87. The molecule has 17 heavy (non-hydrogen) atoms. The lowest BCUT2D eigenvalue weighted by Crippen LogP contribution is -2.19. The van der Waals surface area contributed by atoms with Crippen molar-refractivity contribution in [2.75, 3.05) is 13.1 Å². The minimum atomic E-state index is -0.705. The Balaban J connectivity index is 2.22. The molecular weight excluding hydrogens is 214 g/mol. The number of aliphatic carboxylic acids is 1. The predicted octanol–water partition coefficient (Wildman–Crippen LogP) is 2.16. The molecule has 0 bridgehead atoms. The topological polar surface area (TPSA) is 49.3 Å². The van der Waals surface area contributed by atoms with E-state index in [0.29, 0.717) is 5.92 Å². The third kappa shape index (κ3) is 3.07. The van der Waals surface area contributed by atoms with E-state index in [9.17, 15) is 4.79 Å². The van der Waals surface area contributed by atoms with Crippen LogP contribution >= 0.6 is 0 Å². The lowest BCUT2D eigenvalue weighted by Gasteiger charge is -2.22.